The van der Waals surface area contributed by atoms with Crippen molar-refractivity contribution in [2.75, 3.05) is 12.3 Å². The zero-order valence-corrected chi connectivity index (χ0v) is 18.2. The standard InChI is InChI=1S/C23H16F4N4O2S/c24-14-4-2-1-3-12(5-14)23-31-30-16(11-34-23)10-29-22(33)19-6-13(9-28-19)21(32)20-17(26)7-15(25)8-18(20)27/h2-9,28H,1,10-11H2,(H,29,33). The lowest BCUT2D eigenvalue weighted by Crippen LogP contribution is -2.31. The number of H-pyrrole nitrogens is 1. The molecule has 1 amide bonds. The average molecular weight is 488 g/mol. The Kier molecular flexibility index (Phi) is 6.92. The summed E-state index contributed by atoms with van der Waals surface area (Å²) in [6.45, 7) is 0.0664. The van der Waals surface area contributed by atoms with Crippen LogP contribution in [0.5, 0.6) is 0 Å². The number of thioether (sulfide) groups is 1. The van der Waals surface area contributed by atoms with Crippen LogP contribution in [0, 0.1) is 17.5 Å². The number of halogens is 4. The molecule has 0 unspecified atom stereocenters. The first-order valence-corrected chi connectivity index (χ1v) is 11.0. The van der Waals surface area contributed by atoms with E-state index in [1.807, 2.05) is 6.08 Å². The van der Waals surface area contributed by atoms with Gasteiger partial charge in [0.25, 0.3) is 5.91 Å². The summed E-state index contributed by atoms with van der Waals surface area (Å²) >= 11 is 1.36. The van der Waals surface area contributed by atoms with Gasteiger partial charge in [0.2, 0.25) is 0 Å². The second-order valence-electron chi connectivity index (χ2n) is 7.25. The first-order valence-electron chi connectivity index (χ1n) is 9.98. The Morgan fingerprint density at radius 1 is 1.09 bits per heavy atom. The van der Waals surface area contributed by atoms with Gasteiger partial charge in [0.15, 0.2) is 5.78 Å². The second-order valence-corrected chi connectivity index (χ2v) is 8.21. The summed E-state index contributed by atoms with van der Waals surface area (Å²) in [5.41, 5.74) is 0.107. The van der Waals surface area contributed by atoms with E-state index in [0.29, 0.717) is 40.6 Å². The minimum atomic E-state index is -1.34. The molecule has 34 heavy (non-hydrogen) atoms. The van der Waals surface area contributed by atoms with Crippen LogP contribution in [0.1, 0.15) is 32.8 Å². The Bertz CT molecular complexity index is 1300. The van der Waals surface area contributed by atoms with E-state index in [4.69, 9.17) is 0 Å². The van der Waals surface area contributed by atoms with Crippen molar-refractivity contribution in [1.29, 1.82) is 0 Å². The summed E-state index contributed by atoms with van der Waals surface area (Å²) in [6, 6.07) is 1.95. The van der Waals surface area contributed by atoms with Crippen molar-refractivity contribution in [2.45, 2.75) is 6.42 Å². The van der Waals surface area contributed by atoms with Crippen LogP contribution in [0.4, 0.5) is 17.6 Å². The highest BCUT2D eigenvalue weighted by Gasteiger charge is 2.23. The predicted molar refractivity (Wildman–Crippen MR) is 121 cm³/mol. The number of aromatic nitrogens is 1. The van der Waals surface area contributed by atoms with E-state index >= 15 is 0 Å². The van der Waals surface area contributed by atoms with Crippen LogP contribution in [0.15, 0.2) is 70.3 Å². The summed E-state index contributed by atoms with van der Waals surface area (Å²) < 4.78 is 54.4. The average Bonchev–Trinajstić information content (AvgIpc) is 3.20. The number of hydrogen-bond acceptors (Lipinski definition) is 5. The minimum Gasteiger partial charge on any atom is -0.356 e. The van der Waals surface area contributed by atoms with Gasteiger partial charge in [-0.15, -0.1) is 5.10 Å². The number of hydrogen-bond donors (Lipinski definition) is 2. The molecule has 0 spiro atoms. The lowest BCUT2D eigenvalue weighted by Gasteiger charge is -2.13. The zero-order valence-electron chi connectivity index (χ0n) is 17.4. The SMILES string of the molecule is O=C(NCC1=NN=C(C2=CCC=CC(F)=C2)SC1)c1cc(C(=O)c2c(F)cc(F)cc2F)c[nH]1. The van der Waals surface area contributed by atoms with Gasteiger partial charge in [-0.05, 0) is 24.6 Å². The number of carbonyl (C=O) groups excluding carboxylic acids is 2. The largest absolute Gasteiger partial charge is 0.356 e. The van der Waals surface area contributed by atoms with E-state index < -0.39 is 34.7 Å². The number of nitrogens with one attached hydrogen (secondary N) is 2. The molecule has 2 N–H and O–H groups in total. The van der Waals surface area contributed by atoms with Crippen LogP contribution >= 0.6 is 11.8 Å². The van der Waals surface area contributed by atoms with Crippen LogP contribution in [0.2, 0.25) is 0 Å². The number of nitrogens with zero attached hydrogens (tertiary/aromatic N) is 2. The van der Waals surface area contributed by atoms with Crippen LogP contribution in [-0.4, -0.2) is 39.7 Å². The molecule has 2 aromatic rings. The molecule has 2 aliphatic rings. The van der Waals surface area contributed by atoms with E-state index in [2.05, 4.69) is 20.5 Å². The van der Waals surface area contributed by atoms with Crippen molar-refractivity contribution < 1.29 is 27.2 Å². The maximum atomic E-state index is 13.9. The van der Waals surface area contributed by atoms with Gasteiger partial charge in [0.05, 0.1) is 17.8 Å². The van der Waals surface area contributed by atoms with Gasteiger partial charge >= 0.3 is 0 Å². The van der Waals surface area contributed by atoms with Crippen LogP contribution in [-0.2, 0) is 0 Å². The molecule has 6 nitrogen and oxygen atoms in total. The molecule has 11 heteroatoms. The third-order valence-corrected chi connectivity index (χ3v) is 5.89. The van der Waals surface area contributed by atoms with E-state index in [9.17, 15) is 27.2 Å². The Morgan fingerprint density at radius 3 is 2.56 bits per heavy atom. The Labute approximate surface area is 195 Å². The van der Waals surface area contributed by atoms with E-state index in [1.54, 1.807) is 6.08 Å². The summed E-state index contributed by atoms with van der Waals surface area (Å²) in [5.74, 6) is -5.38. The molecule has 0 bridgehead atoms. The summed E-state index contributed by atoms with van der Waals surface area (Å²) in [4.78, 5) is 27.4. The number of allylic oxidation sites excluding steroid dienone is 5. The smallest absolute Gasteiger partial charge is 0.268 e. The van der Waals surface area contributed by atoms with Gasteiger partial charge in [-0.3, -0.25) is 9.59 Å². The Hall–Kier alpha value is -3.73. The van der Waals surface area contributed by atoms with E-state index in [1.165, 1.54) is 23.9 Å². The first kappa shape index (κ1) is 23.4. The van der Waals surface area contributed by atoms with Gasteiger partial charge in [-0.2, -0.15) is 5.10 Å². The maximum Gasteiger partial charge on any atom is 0.268 e. The molecule has 0 fully saturated rings. The van der Waals surface area contributed by atoms with Crippen molar-refractivity contribution in [3.05, 3.63) is 94.4 Å². The van der Waals surface area contributed by atoms with Crippen molar-refractivity contribution in [3.63, 3.8) is 0 Å². The Morgan fingerprint density at radius 2 is 1.85 bits per heavy atom. The lowest BCUT2D eigenvalue weighted by molar-refractivity contribution is 0.0954. The molecule has 0 saturated heterocycles. The van der Waals surface area contributed by atoms with Crippen LogP contribution in [0.3, 0.4) is 0 Å². The van der Waals surface area contributed by atoms with E-state index in [0.717, 1.165) is 12.3 Å². The highest BCUT2D eigenvalue weighted by molar-refractivity contribution is 8.15. The zero-order chi connectivity index (χ0) is 24.2. The van der Waals surface area contributed by atoms with Crippen LogP contribution < -0.4 is 5.32 Å². The molecule has 1 aromatic carbocycles. The fourth-order valence-corrected chi connectivity index (χ4v) is 4.04. The van der Waals surface area contributed by atoms with Crippen molar-refractivity contribution in [1.82, 2.24) is 10.3 Å². The second kappa shape index (κ2) is 10.0. The number of aromatic amines is 1. The van der Waals surface area contributed by atoms with E-state index in [-0.39, 0.29) is 23.6 Å². The van der Waals surface area contributed by atoms with Gasteiger partial charge in [-0.1, -0.05) is 23.9 Å². The third kappa shape index (κ3) is 5.25. The highest BCUT2D eigenvalue weighted by Crippen LogP contribution is 2.23. The van der Waals surface area contributed by atoms with Gasteiger partial charge in [0.1, 0.15) is 34.0 Å². The van der Waals surface area contributed by atoms with Crippen molar-refractivity contribution >= 4 is 34.2 Å². The number of benzene rings is 1. The molecular weight excluding hydrogens is 472 g/mol. The van der Waals surface area contributed by atoms with Crippen molar-refractivity contribution in [2.24, 2.45) is 10.2 Å². The molecule has 174 valence electrons. The first-order chi connectivity index (χ1) is 16.3. The predicted octanol–water partition coefficient (Wildman–Crippen LogP) is 4.63. The number of carbonyl (C=O) groups is 2. The Balaban J connectivity index is 1.39. The number of amides is 1. The monoisotopic (exact) mass is 488 g/mol. The quantitative estimate of drug-likeness (QED) is 0.459. The molecular formula is C23H16F4N4O2S. The summed E-state index contributed by atoms with van der Waals surface area (Å²) in [6.07, 6.45) is 8.01. The molecule has 0 radical (unpaired) electrons. The fourth-order valence-electron chi connectivity index (χ4n) is 3.17. The highest BCUT2D eigenvalue weighted by atomic mass is 32.2. The van der Waals surface area contributed by atoms with Crippen LogP contribution in [0.25, 0.3) is 0 Å². The minimum absolute atomic E-state index is 0.0174. The molecule has 0 atom stereocenters. The third-order valence-electron chi connectivity index (χ3n) is 4.83. The van der Waals surface area contributed by atoms with Gasteiger partial charge < -0.3 is 10.3 Å². The van der Waals surface area contributed by atoms with Gasteiger partial charge in [-0.25, -0.2) is 17.6 Å². The maximum absolute atomic E-state index is 13.9. The molecule has 1 aliphatic carbocycles. The lowest BCUT2D eigenvalue weighted by atomic mass is 10.0. The molecule has 4 rings (SSSR count). The topological polar surface area (TPSA) is 86.7 Å². The fraction of sp³-hybridized carbons (Fsp3) is 0.130. The molecule has 0 saturated carbocycles. The molecule has 2 heterocycles. The number of rotatable bonds is 6. The molecule has 1 aromatic heterocycles. The molecule has 1 aliphatic heterocycles. The van der Waals surface area contributed by atoms with Crippen molar-refractivity contribution in [3.8, 4) is 0 Å². The normalized spacial score (nSPS) is 15.6. The summed E-state index contributed by atoms with van der Waals surface area (Å²) in [7, 11) is 0. The van der Waals surface area contributed by atoms with Gasteiger partial charge in [0, 0.05) is 35.2 Å². The number of ketones is 1. The summed E-state index contributed by atoms with van der Waals surface area (Å²) in [5, 5.41) is 11.4.